The van der Waals surface area contributed by atoms with Gasteiger partial charge < -0.3 is 0 Å². The van der Waals surface area contributed by atoms with Crippen molar-refractivity contribution in [3.05, 3.63) is 70.8 Å². The van der Waals surface area contributed by atoms with Crippen LogP contribution in [0.25, 0.3) is 0 Å². The highest BCUT2D eigenvalue weighted by molar-refractivity contribution is 6.21. The van der Waals surface area contributed by atoms with Gasteiger partial charge in [-0.25, -0.2) is 0 Å². The van der Waals surface area contributed by atoms with Gasteiger partial charge in [-0.15, -0.1) is 0 Å². The van der Waals surface area contributed by atoms with Gasteiger partial charge >= 0.3 is 0 Å². The fourth-order valence-electron chi connectivity index (χ4n) is 2.06. The second-order valence-electron chi connectivity index (χ2n) is 4.62. The van der Waals surface area contributed by atoms with Gasteiger partial charge in [0, 0.05) is 0 Å². The van der Waals surface area contributed by atoms with Crippen LogP contribution in [0.2, 0.25) is 0 Å². The van der Waals surface area contributed by atoms with E-state index >= 15 is 0 Å². The Balaban J connectivity index is 1.88. The first-order chi connectivity index (χ1) is 9.66. The molecule has 0 radical (unpaired) electrons. The van der Waals surface area contributed by atoms with Crippen LogP contribution in [0.4, 0.5) is 0 Å². The maximum Gasteiger partial charge on any atom is 0.282 e. The zero-order valence-electron chi connectivity index (χ0n) is 10.9. The van der Waals surface area contributed by atoms with Crippen LogP contribution >= 0.6 is 0 Å². The predicted octanol–water partition coefficient (Wildman–Crippen LogP) is 2.63. The predicted molar refractivity (Wildman–Crippen MR) is 75.7 cm³/mol. The van der Waals surface area contributed by atoms with Crippen LogP contribution in [0.15, 0.2) is 53.6 Å². The van der Waals surface area contributed by atoms with Gasteiger partial charge in [0.1, 0.15) is 0 Å². The number of carbonyl (C=O) groups excluding carboxylic acids is 2. The molecule has 20 heavy (non-hydrogen) atoms. The Labute approximate surface area is 116 Å². The average molecular weight is 264 g/mol. The summed E-state index contributed by atoms with van der Waals surface area (Å²) in [7, 11) is 0. The minimum Gasteiger partial charge on any atom is -0.267 e. The van der Waals surface area contributed by atoms with Crippen LogP contribution in [0.1, 0.15) is 31.8 Å². The number of fused-ring (bicyclic) bond motifs is 1. The number of benzene rings is 2. The highest BCUT2D eigenvalue weighted by atomic mass is 16.2. The molecule has 4 heteroatoms. The molecule has 0 N–H and O–H groups in total. The third-order valence-corrected chi connectivity index (χ3v) is 3.17. The fraction of sp³-hybridized carbons (Fsp3) is 0.0625. The number of hydrazone groups is 1. The molecule has 0 aliphatic carbocycles. The zero-order chi connectivity index (χ0) is 14.1. The molecule has 3 rings (SSSR count). The highest BCUT2D eigenvalue weighted by Gasteiger charge is 2.35. The number of rotatable bonds is 2. The normalized spacial score (nSPS) is 14.2. The van der Waals surface area contributed by atoms with Crippen molar-refractivity contribution in [1.29, 1.82) is 0 Å². The lowest BCUT2D eigenvalue weighted by Crippen LogP contribution is -2.23. The van der Waals surface area contributed by atoms with Crippen molar-refractivity contribution >= 4 is 18.0 Å². The van der Waals surface area contributed by atoms with E-state index in [2.05, 4.69) is 5.10 Å². The molecule has 0 unspecified atom stereocenters. The van der Waals surface area contributed by atoms with E-state index < -0.39 is 0 Å². The van der Waals surface area contributed by atoms with Crippen LogP contribution in [0.5, 0.6) is 0 Å². The minimum atomic E-state index is -0.381. The Bertz CT molecular complexity index is 683. The number of amides is 2. The van der Waals surface area contributed by atoms with Gasteiger partial charge in [-0.2, -0.15) is 10.1 Å². The van der Waals surface area contributed by atoms with Gasteiger partial charge in [-0.3, -0.25) is 9.59 Å². The summed E-state index contributed by atoms with van der Waals surface area (Å²) in [6, 6.07) is 14.4. The minimum absolute atomic E-state index is 0.381. The largest absolute Gasteiger partial charge is 0.282 e. The first-order valence-corrected chi connectivity index (χ1v) is 6.25. The smallest absolute Gasteiger partial charge is 0.267 e. The maximum atomic E-state index is 12.1. The number of imide groups is 1. The van der Waals surface area contributed by atoms with Crippen LogP contribution < -0.4 is 0 Å². The Morgan fingerprint density at radius 2 is 1.45 bits per heavy atom. The molecule has 1 aliphatic heterocycles. The number of hydrogen-bond acceptors (Lipinski definition) is 3. The van der Waals surface area contributed by atoms with Crippen molar-refractivity contribution in [3.8, 4) is 0 Å². The van der Waals surface area contributed by atoms with Crippen molar-refractivity contribution in [2.75, 3.05) is 0 Å². The number of carbonyl (C=O) groups is 2. The van der Waals surface area contributed by atoms with Gasteiger partial charge in [0.2, 0.25) is 0 Å². The topological polar surface area (TPSA) is 49.7 Å². The van der Waals surface area contributed by atoms with Gasteiger partial charge in [-0.05, 0) is 24.6 Å². The van der Waals surface area contributed by atoms with Crippen molar-refractivity contribution in [1.82, 2.24) is 5.01 Å². The number of aryl methyl sites for hydroxylation is 1. The SMILES string of the molecule is Cc1ccc(C=NN2C(=O)c3ccccc3C2=O)cc1. The summed E-state index contributed by atoms with van der Waals surface area (Å²) in [5, 5.41) is 4.92. The molecule has 2 aromatic rings. The molecule has 0 saturated carbocycles. The first-order valence-electron chi connectivity index (χ1n) is 6.25. The van der Waals surface area contributed by atoms with E-state index in [9.17, 15) is 9.59 Å². The molecular weight excluding hydrogens is 252 g/mol. The van der Waals surface area contributed by atoms with Crippen LogP contribution in [-0.2, 0) is 0 Å². The van der Waals surface area contributed by atoms with Crippen molar-refractivity contribution in [2.45, 2.75) is 6.92 Å². The summed E-state index contributed by atoms with van der Waals surface area (Å²) in [5.41, 5.74) is 2.78. The van der Waals surface area contributed by atoms with E-state index in [4.69, 9.17) is 0 Å². The molecule has 4 nitrogen and oxygen atoms in total. The fourth-order valence-corrected chi connectivity index (χ4v) is 2.06. The van der Waals surface area contributed by atoms with Crippen molar-refractivity contribution in [3.63, 3.8) is 0 Å². The lowest BCUT2D eigenvalue weighted by molar-refractivity contribution is 0.0660. The van der Waals surface area contributed by atoms with Gasteiger partial charge in [0.15, 0.2) is 0 Å². The van der Waals surface area contributed by atoms with Crippen molar-refractivity contribution < 1.29 is 9.59 Å². The third-order valence-electron chi connectivity index (χ3n) is 3.17. The molecule has 0 bridgehead atoms. The Morgan fingerprint density at radius 1 is 0.900 bits per heavy atom. The standard InChI is InChI=1S/C16H12N2O2/c1-11-6-8-12(9-7-11)10-17-18-15(19)13-4-2-3-5-14(13)16(18)20/h2-10H,1H3. The summed E-state index contributed by atoms with van der Waals surface area (Å²) >= 11 is 0. The molecule has 0 aromatic heterocycles. The second kappa shape index (κ2) is 4.74. The molecular formula is C16H12N2O2. The summed E-state index contributed by atoms with van der Waals surface area (Å²) in [6.45, 7) is 1.99. The van der Waals surface area contributed by atoms with Crippen LogP contribution in [-0.4, -0.2) is 23.0 Å². The Kier molecular flexibility index (Phi) is 2.91. The molecule has 2 aromatic carbocycles. The molecule has 1 heterocycles. The summed E-state index contributed by atoms with van der Waals surface area (Å²) < 4.78 is 0. The van der Waals surface area contributed by atoms with E-state index in [1.807, 2.05) is 31.2 Å². The summed E-state index contributed by atoms with van der Waals surface area (Å²) in [5.74, 6) is -0.761. The van der Waals surface area contributed by atoms with Gasteiger partial charge in [0.25, 0.3) is 11.8 Å². The molecule has 0 spiro atoms. The average Bonchev–Trinajstić information content (AvgIpc) is 2.71. The molecule has 1 aliphatic rings. The maximum absolute atomic E-state index is 12.1. The van der Waals surface area contributed by atoms with Gasteiger partial charge in [0.05, 0.1) is 17.3 Å². The quantitative estimate of drug-likeness (QED) is 0.618. The van der Waals surface area contributed by atoms with Crippen LogP contribution in [0, 0.1) is 6.92 Å². The lowest BCUT2D eigenvalue weighted by atomic mass is 10.1. The molecule has 2 amide bonds. The molecule has 0 saturated heterocycles. The first kappa shape index (κ1) is 12.3. The Morgan fingerprint density at radius 3 is 2.00 bits per heavy atom. The third kappa shape index (κ3) is 2.01. The number of hydrogen-bond donors (Lipinski definition) is 0. The van der Waals surface area contributed by atoms with E-state index in [1.165, 1.54) is 6.21 Å². The second-order valence-corrected chi connectivity index (χ2v) is 4.62. The summed E-state index contributed by atoms with van der Waals surface area (Å²) in [6.07, 6.45) is 1.52. The zero-order valence-corrected chi connectivity index (χ0v) is 10.9. The van der Waals surface area contributed by atoms with E-state index in [0.717, 1.165) is 16.1 Å². The highest BCUT2D eigenvalue weighted by Crippen LogP contribution is 2.22. The van der Waals surface area contributed by atoms with E-state index in [1.54, 1.807) is 24.3 Å². The monoisotopic (exact) mass is 264 g/mol. The Hall–Kier alpha value is -2.75. The van der Waals surface area contributed by atoms with E-state index in [-0.39, 0.29) is 11.8 Å². The molecule has 0 atom stereocenters. The van der Waals surface area contributed by atoms with E-state index in [0.29, 0.717) is 11.1 Å². The number of nitrogens with zero attached hydrogens (tertiary/aromatic N) is 2. The van der Waals surface area contributed by atoms with Gasteiger partial charge in [-0.1, -0.05) is 42.0 Å². The summed E-state index contributed by atoms with van der Waals surface area (Å²) in [4.78, 5) is 24.1. The molecule has 98 valence electrons. The van der Waals surface area contributed by atoms with Crippen molar-refractivity contribution in [2.24, 2.45) is 5.10 Å². The molecule has 0 fully saturated rings. The lowest BCUT2D eigenvalue weighted by Gasteiger charge is -2.05. The van der Waals surface area contributed by atoms with Crippen LogP contribution in [0.3, 0.4) is 0 Å².